The Kier molecular flexibility index (Phi) is 6.05. The molecule has 1 heterocycles. The van der Waals surface area contributed by atoms with Crippen LogP contribution >= 0.6 is 0 Å². The zero-order chi connectivity index (χ0) is 24.2. The summed E-state index contributed by atoms with van der Waals surface area (Å²) in [5.41, 5.74) is 2.46. The molecule has 1 atom stereocenters. The number of anilines is 1. The minimum Gasteiger partial charge on any atom is -0.382 e. The number of hydrogen-bond acceptors (Lipinski definition) is 9. The van der Waals surface area contributed by atoms with E-state index in [1.54, 1.807) is 30.3 Å². The van der Waals surface area contributed by atoms with Gasteiger partial charge in [-0.05, 0) is 35.9 Å². The molecular weight excluding hydrogens is 444 g/mol. The van der Waals surface area contributed by atoms with Crippen molar-refractivity contribution in [3.05, 3.63) is 115 Å². The molecule has 1 unspecified atom stereocenters. The van der Waals surface area contributed by atoms with E-state index < -0.39 is 21.5 Å². The number of hydrogen-bond donors (Lipinski definition) is 3. The van der Waals surface area contributed by atoms with Gasteiger partial charge < -0.3 is 10.1 Å². The van der Waals surface area contributed by atoms with Crippen LogP contribution in [0.1, 0.15) is 17.4 Å². The Morgan fingerprint density at radius 1 is 0.971 bits per heavy atom. The van der Waals surface area contributed by atoms with Gasteiger partial charge in [-0.2, -0.15) is 5.10 Å². The molecule has 0 aliphatic carbocycles. The number of para-hydroxylation sites is 1. The van der Waals surface area contributed by atoms with E-state index in [0.29, 0.717) is 5.69 Å². The third-order valence-electron chi connectivity index (χ3n) is 4.89. The monoisotopic (exact) mass is 460 g/mol. The largest absolute Gasteiger partial charge is 0.382 e. The van der Waals surface area contributed by atoms with E-state index in [2.05, 4.69) is 20.5 Å². The van der Waals surface area contributed by atoms with E-state index in [-0.39, 0.29) is 39.4 Å². The Labute approximate surface area is 190 Å². The Hall–Kier alpha value is -4.97. The number of aliphatic hydroxyl groups excluding tert-OH is 1. The van der Waals surface area contributed by atoms with E-state index in [1.807, 2.05) is 0 Å². The third kappa shape index (κ3) is 4.61. The number of aliphatic hydroxyl groups is 1. The van der Waals surface area contributed by atoms with Crippen molar-refractivity contribution in [3.63, 3.8) is 0 Å². The molecule has 0 amide bonds. The number of nitrogens with one attached hydrogen (secondary N) is 2. The molecule has 0 radical (unpaired) electrons. The quantitative estimate of drug-likeness (QED) is 0.214. The first kappa shape index (κ1) is 22.2. The summed E-state index contributed by atoms with van der Waals surface area (Å²) >= 11 is 0. The van der Waals surface area contributed by atoms with Gasteiger partial charge in [-0.1, -0.05) is 18.2 Å². The highest BCUT2D eigenvalue weighted by atomic mass is 16.6. The van der Waals surface area contributed by atoms with Crippen molar-refractivity contribution in [1.29, 1.82) is 0 Å². The Balaban J connectivity index is 1.81. The molecule has 0 aliphatic heterocycles. The summed E-state index contributed by atoms with van der Waals surface area (Å²) in [5.74, 6) is 0. The van der Waals surface area contributed by atoms with Gasteiger partial charge >= 0.3 is 0 Å². The van der Waals surface area contributed by atoms with Gasteiger partial charge in [0, 0.05) is 24.3 Å². The molecule has 34 heavy (non-hydrogen) atoms. The Morgan fingerprint density at radius 3 is 2.26 bits per heavy atom. The second-order valence-electron chi connectivity index (χ2n) is 7.10. The second kappa shape index (κ2) is 9.26. The van der Waals surface area contributed by atoms with Crippen LogP contribution in [0.5, 0.6) is 0 Å². The van der Waals surface area contributed by atoms with Crippen molar-refractivity contribution >= 4 is 33.8 Å². The van der Waals surface area contributed by atoms with Crippen LogP contribution in [0, 0.1) is 20.2 Å². The van der Waals surface area contributed by atoms with Crippen molar-refractivity contribution in [1.82, 2.24) is 9.97 Å². The fourth-order valence-electron chi connectivity index (χ4n) is 3.18. The highest BCUT2D eigenvalue weighted by Gasteiger charge is 2.24. The fourth-order valence-corrected chi connectivity index (χ4v) is 3.18. The van der Waals surface area contributed by atoms with Crippen LogP contribution in [0.4, 0.5) is 17.1 Å². The summed E-state index contributed by atoms with van der Waals surface area (Å²) in [4.78, 5) is 40.5. The highest BCUT2D eigenvalue weighted by Crippen LogP contribution is 2.23. The topological polar surface area (TPSA) is 177 Å². The van der Waals surface area contributed by atoms with Gasteiger partial charge in [-0.15, -0.1) is 0 Å². The summed E-state index contributed by atoms with van der Waals surface area (Å²) in [7, 11) is 0. The maximum Gasteiger partial charge on any atom is 0.276 e. The number of H-pyrrole nitrogens is 1. The van der Waals surface area contributed by atoms with E-state index in [1.165, 1.54) is 42.5 Å². The molecule has 4 rings (SSSR count). The molecule has 170 valence electrons. The minimum atomic E-state index is -1.47. The summed E-state index contributed by atoms with van der Waals surface area (Å²) < 4.78 is 0. The molecule has 12 nitrogen and oxygen atoms in total. The van der Waals surface area contributed by atoms with Crippen LogP contribution in [0.25, 0.3) is 11.0 Å². The molecule has 3 aromatic carbocycles. The van der Waals surface area contributed by atoms with Crippen LogP contribution in [0.2, 0.25) is 0 Å². The number of aromatic amines is 1. The molecule has 0 fully saturated rings. The molecule has 0 spiro atoms. The number of fused-ring (bicyclic) bond motifs is 1. The van der Waals surface area contributed by atoms with E-state index in [9.17, 15) is 30.1 Å². The van der Waals surface area contributed by atoms with Crippen LogP contribution in [-0.2, 0) is 0 Å². The standard InChI is InChI=1S/C22H16N6O6/c29-21(13-6-8-15(9-7-13)27(31)32)19(26-25-14-4-2-1-3-5-14)20-22(30)24-18-12-16(28(33)34)10-11-17(18)23-20/h1-12,21,25,29H,(H,24,30)/b26-19+. The Morgan fingerprint density at radius 2 is 1.62 bits per heavy atom. The molecule has 0 saturated heterocycles. The lowest BCUT2D eigenvalue weighted by atomic mass is 10.0. The average Bonchev–Trinajstić information content (AvgIpc) is 2.84. The SMILES string of the molecule is O=c1[nH]c2cc([N+](=O)[O-])ccc2nc1/C(=N\Nc1ccccc1)C(O)c1ccc([N+](=O)[O-])cc1. The van der Waals surface area contributed by atoms with Gasteiger partial charge in [0.25, 0.3) is 16.9 Å². The van der Waals surface area contributed by atoms with Gasteiger partial charge in [0.2, 0.25) is 0 Å². The van der Waals surface area contributed by atoms with Crippen molar-refractivity contribution in [2.75, 3.05) is 5.43 Å². The smallest absolute Gasteiger partial charge is 0.276 e. The summed E-state index contributed by atoms with van der Waals surface area (Å²) in [6, 6.07) is 17.7. The first-order chi connectivity index (χ1) is 16.3. The number of nitro groups is 2. The van der Waals surface area contributed by atoms with E-state index in [4.69, 9.17) is 0 Å². The maximum absolute atomic E-state index is 12.8. The van der Waals surface area contributed by atoms with E-state index in [0.717, 1.165) is 0 Å². The first-order valence-electron chi connectivity index (χ1n) is 9.83. The number of nitrogens with zero attached hydrogens (tertiary/aromatic N) is 4. The molecule has 12 heteroatoms. The predicted octanol–water partition coefficient (Wildman–Crippen LogP) is 3.29. The zero-order valence-corrected chi connectivity index (χ0v) is 17.3. The third-order valence-corrected chi connectivity index (χ3v) is 4.89. The predicted molar refractivity (Wildman–Crippen MR) is 124 cm³/mol. The number of benzene rings is 3. The lowest BCUT2D eigenvalue weighted by Gasteiger charge is -2.14. The van der Waals surface area contributed by atoms with Gasteiger partial charge in [-0.3, -0.25) is 30.4 Å². The number of rotatable bonds is 7. The first-order valence-corrected chi connectivity index (χ1v) is 9.83. The van der Waals surface area contributed by atoms with Crippen LogP contribution in [0.15, 0.2) is 82.7 Å². The lowest BCUT2D eigenvalue weighted by Crippen LogP contribution is -2.26. The summed E-state index contributed by atoms with van der Waals surface area (Å²) in [5, 5.41) is 37.2. The Bertz CT molecular complexity index is 1470. The number of aromatic nitrogens is 2. The summed E-state index contributed by atoms with van der Waals surface area (Å²) in [6.07, 6.45) is -1.47. The highest BCUT2D eigenvalue weighted by molar-refractivity contribution is 6.03. The van der Waals surface area contributed by atoms with Crippen LogP contribution < -0.4 is 11.0 Å². The number of hydrazone groups is 1. The minimum absolute atomic E-state index is 0.142. The zero-order valence-electron chi connectivity index (χ0n) is 17.3. The molecule has 0 bridgehead atoms. The molecule has 3 N–H and O–H groups in total. The van der Waals surface area contributed by atoms with Gasteiger partial charge in [0.1, 0.15) is 11.8 Å². The maximum atomic E-state index is 12.8. The van der Waals surface area contributed by atoms with Crippen molar-refractivity contribution in [2.24, 2.45) is 5.10 Å². The molecule has 0 aliphatic rings. The number of nitro benzene ring substituents is 2. The van der Waals surface area contributed by atoms with Gasteiger partial charge in [0.05, 0.1) is 26.6 Å². The normalized spacial score (nSPS) is 12.3. The van der Waals surface area contributed by atoms with Crippen LogP contribution in [-0.4, -0.2) is 30.6 Å². The average molecular weight is 460 g/mol. The lowest BCUT2D eigenvalue weighted by molar-refractivity contribution is -0.385. The van der Waals surface area contributed by atoms with Crippen molar-refractivity contribution in [2.45, 2.75) is 6.10 Å². The van der Waals surface area contributed by atoms with Gasteiger partial charge in [-0.25, -0.2) is 4.98 Å². The van der Waals surface area contributed by atoms with Gasteiger partial charge in [0.15, 0.2) is 5.69 Å². The molecule has 1 aromatic heterocycles. The van der Waals surface area contributed by atoms with E-state index >= 15 is 0 Å². The number of non-ortho nitro benzene ring substituents is 2. The summed E-state index contributed by atoms with van der Waals surface area (Å²) in [6.45, 7) is 0. The van der Waals surface area contributed by atoms with Crippen molar-refractivity contribution in [3.8, 4) is 0 Å². The second-order valence-corrected chi connectivity index (χ2v) is 7.10. The molecule has 0 saturated carbocycles. The molecule has 4 aromatic rings. The fraction of sp³-hybridized carbons (Fsp3) is 0.0455. The van der Waals surface area contributed by atoms with Crippen molar-refractivity contribution < 1.29 is 15.0 Å². The molecular formula is C22H16N6O6. The van der Waals surface area contributed by atoms with Crippen LogP contribution in [0.3, 0.4) is 0 Å².